The lowest BCUT2D eigenvalue weighted by molar-refractivity contribution is -0.123. The number of nitrogens with two attached hydrogens (primary N) is 1. The Morgan fingerprint density at radius 2 is 1.67 bits per heavy atom. The molecule has 0 saturated heterocycles. The lowest BCUT2D eigenvalue weighted by Crippen LogP contribution is -2.43. The van der Waals surface area contributed by atoms with E-state index in [-0.39, 0.29) is 23.4 Å². The standard InChI is InChI=1S/C16H28N2.C7H16N2O.C2H6/c1-8-10-11-14-18(9-2)15(3)12-13-16(4,5)17(6)7;1-5(2)6(7(8)10)9(3)4;1-2/h8H,1,3,9-11,14H2,2,4-7H3;5-6H,1-4H3,(H2,8,10);1-2H3. The van der Waals surface area contributed by atoms with Crippen molar-refractivity contribution in [1.29, 1.82) is 0 Å². The highest BCUT2D eigenvalue weighted by atomic mass is 16.1. The number of rotatable bonds is 10. The van der Waals surface area contributed by atoms with E-state index in [4.69, 9.17) is 5.73 Å². The van der Waals surface area contributed by atoms with E-state index in [0.29, 0.717) is 0 Å². The van der Waals surface area contributed by atoms with Crippen LogP contribution in [0.15, 0.2) is 24.9 Å². The summed E-state index contributed by atoms with van der Waals surface area (Å²) < 4.78 is 0. The normalized spacial score (nSPS) is 11.4. The van der Waals surface area contributed by atoms with Gasteiger partial charge in [0.05, 0.1) is 17.3 Å². The van der Waals surface area contributed by atoms with Crippen LogP contribution in [-0.2, 0) is 4.79 Å². The second-order valence-electron chi connectivity index (χ2n) is 8.22. The predicted molar refractivity (Wildman–Crippen MR) is 134 cm³/mol. The van der Waals surface area contributed by atoms with Crippen LogP contribution in [0, 0.1) is 17.8 Å². The summed E-state index contributed by atoms with van der Waals surface area (Å²) >= 11 is 0. The molecule has 1 atom stereocenters. The Kier molecular flexibility index (Phi) is 19.8. The number of carbonyl (C=O) groups excluding carboxylic acids is 1. The second-order valence-corrected chi connectivity index (χ2v) is 8.22. The van der Waals surface area contributed by atoms with Crippen molar-refractivity contribution in [3.05, 3.63) is 24.9 Å². The van der Waals surface area contributed by atoms with Crippen molar-refractivity contribution in [2.24, 2.45) is 11.7 Å². The molecule has 0 saturated carbocycles. The van der Waals surface area contributed by atoms with Crippen molar-refractivity contribution in [3.63, 3.8) is 0 Å². The molecule has 0 spiro atoms. The zero-order chi connectivity index (χ0) is 24.5. The average molecular weight is 423 g/mol. The van der Waals surface area contributed by atoms with Gasteiger partial charge in [-0.2, -0.15) is 0 Å². The van der Waals surface area contributed by atoms with Crippen LogP contribution in [0.1, 0.15) is 61.3 Å². The highest BCUT2D eigenvalue weighted by Crippen LogP contribution is 2.09. The molecule has 0 radical (unpaired) electrons. The summed E-state index contributed by atoms with van der Waals surface area (Å²) in [6, 6.07) is -0.139. The Morgan fingerprint density at radius 1 is 1.17 bits per heavy atom. The summed E-state index contributed by atoms with van der Waals surface area (Å²) in [7, 11) is 7.79. The van der Waals surface area contributed by atoms with Gasteiger partial charge in [-0.1, -0.05) is 46.3 Å². The lowest BCUT2D eigenvalue weighted by Gasteiger charge is -2.27. The summed E-state index contributed by atoms with van der Waals surface area (Å²) in [6.07, 6.45) is 4.10. The van der Waals surface area contributed by atoms with E-state index in [0.717, 1.165) is 31.6 Å². The van der Waals surface area contributed by atoms with Gasteiger partial charge in [-0.3, -0.25) is 14.6 Å². The number of nitrogens with zero attached hydrogens (tertiary/aromatic N) is 3. The summed E-state index contributed by atoms with van der Waals surface area (Å²) in [4.78, 5) is 16.9. The van der Waals surface area contributed by atoms with Crippen LogP contribution in [0.2, 0.25) is 0 Å². The summed E-state index contributed by atoms with van der Waals surface area (Å²) in [5.74, 6) is 6.51. The molecule has 0 aromatic carbocycles. The van der Waals surface area contributed by atoms with Crippen LogP contribution in [0.25, 0.3) is 0 Å². The Morgan fingerprint density at radius 3 is 1.93 bits per heavy atom. The lowest BCUT2D eigenvalue weighted by atomic mass is 10.0. The molecule has 0 bridgehead atoms. The third-order valence-corrected chi connectivity index (χ3v) is 4.71. The molecule has 30 heavy (non-hydrogen) atoms. The van der Waals surface area contributed by atoms with Crippen molar-refractivity contribution >= 4 is 5.91 Å². The molecule has 5 nitrogen and oxygen atoms in total. The Bertz CT molecular complexity index is 531. The van der Waals surface area contributed by atoms with E-state index in [1.807, 2.05) is 66.9 Å². The molecule has 0 heterocycles. The summed E-state index contributed by atoms with van der Waals surface area (Å²) in [5.41, 5.74) is 5.95. The smallest absolute Gasteiger partial charge is 0.235 e. The van der Waals surface area contributed by atoms with Crippen LogP contribution in [0.3, 0.4) is 0 Å². The number of carbonyl (C=O) groups is 1. The molecule has 0 aliphatic rings. The van der Waals surface area contributed by atoms with Crippen LogP contribution < -0.4 is 5.73 Å². The van der Waals surface area contributed by atoms with Gasteiger partial charge in [-0.15, -0.1) is 6.58 Å². The van der Waals surface area contributed by atoms with Crippen molar-refractivity contribution in [2.45, 2.75) is 72.9 Å². The van der Waals surface area contributed by atoms with Crippen molar-refractivity contribution in [3.8, 4) is 11.8 Å². The maximum Gasteiger partial charge on any atom is 0.235 e. The molecular weight excluding hydrogens is 372 g/mol. The van der Waals surface area contributed by atoms with E-state index in [2.05, 4.69) is 55.6 Å². The number of likely N-dealkylation sites (N-methyl/N-ethyl adjacent to an activating group) is 1. The monoisotopic (exact) mass is 422 g/mol. The SMILES string of the molecule is C=CCCCN(CC)C(=C)C#CC(C)(C)N(C)C.CC.CC(C)C(C(N)=O)N(C)C. The van der Waals surface area contributed by atoms with Gasteiger partial charge in [0.15, 0.2) is 0 Å². The summed E-state index contributed by atoms with van der Waals surface area (Å²) in [5, 5.41) is 0. The zero-order valence-electron chi connectivity index (χ0n) is 21.8. The first-order valence-electron chi connectivity index (χ1n) is 11.0. The fourth-order valence-electron chi connectivity index (χ4n) is 2.51. The van der Waals surface area contributed by atoms with E-state index in [1.165, 1.54) is 0 Å². The number of allylic oxidation sites excluding steroid dienone is 2. The van der Waals surface area contributed by atoms with Gasteiger partial charge in [0.25, 0.3) is 0 Å². The average Bonchev–Trinajstić information content (AvgIpc) is 2.64. The molecule has 0 aliphatic carbocycles. The van der Waals surface area contributed by atoms with Crippen LogP contribution >= 0.6 is 0 Å². The van der Waals surface area contributed by atoms with E-state index in [1.54, 1.807) is 0 Å². The fourth-order valence-corrected chi connectivity index (χ4v) is 2.51. The fraction of sp³-hybridized carbons (Fsp3) is 0.720. The Hall–Kier alpha value is -1.77. The van der Waals surface area contributed by atoms with Crippen LogP contribution in [0.5, 0.6) is 0 Å². The van der Waals surface area contributed by atoms with Gasteiger partial charge in [-0.05, 0) is 73.6 Å². The minimum Gasteiger partial charge on any atom is -0.368 e. The first-order chi connectivity index (χ1) is 13.8. The summed E-state index contributed by atoms with van der Waals surface area (Å²) in [6.45, 7) is 24.1. The maximum atomic E-state index is 10.8. The third kappa shape index (κ3) is 15.1. The first-order valence-corrected chi connectivity index (χ1v) is 11.0. The predicted octanol–water partition coefficient (Wildman–Crippen LogP) is 4.22. The minimum atomic E-state index is -0.250. The molecule has 0 aromatic rings. The molecule has 2 N–H and O–H groups in total. The second kappa shape index (κ2) is 18.0. The maximum absolute atomic E-state index is 10.8. The highest BCUT2D eigenvalue weighted by molar-refractivity contribution is 5.80. The van der Waals surface area contributed by atoms with Crippen LogP contribution in [-0.4, -0.2) is 73.5 Å². The number of hydrogen-bond acceptors (Lipinski definition) is 4. The largest absolute Gasteiger partial charge is 0.368 e. The van der Waals surface area contributed by atoms with E-state index >= 15 is 0 Å². The van der Waals surface area contributed by atoms with E-state index < -0.39 is 0 Å². The van der Waals surface area contributed by atoms with Crippen LogP contribution in [0.4, 0.5) is 0 Å². The molecule has 5 heteroatoms. The quantitative estimate of drug-likeness (QED) is 0.325. The number of hydrogen-bond donors (Lipinski definition) is 1. The molecule has 176 valence electrons. The highest BCUT2D eigenvalue weighted by Gasteiger charge is 2.20. The minimum absolute atomic E-state index is 0.122. The van der Waals surface area contributed by atoms with Crippen molar-refractivity contribution < 1.29 is 4.79 Å². The molecule has 0 aromatic heterocycles. The molecule has 0 aliphatic heterocycles. The van der Waals surface area contributed by atoms with Gasteiger partial charge in [-0.25, -0.2) is 0 Å². The molecule has 1 unspecified atom stereocenters. The number of amides is 1. The molecular formula is C25H50N4O. The van der Waals surface area contributed by atoms with Gasteiger partial charge in [0, 0.05) is 13.1 Å². The van der Waals surface area contributed by atoms with Crippen molar-refractivity contribution in [2.75, 3.05) is 41.3 Å². The van der Waals surface area contributed by atoms with Gasteiger partial charge < -0.3 is 10.6 Å². The van der Waals surface area contributed by atoms with Gasteiger partial charge >= 0.3 is 0 Å². The Balaban J connectivity index is -0.000000514. The topological polar surface area (TPSA) is 52.8 Å². The first kappa shape index (κ1) is 32.9. The van der Waals surface area contributed by atoms with Crippen molar-refractivity contribution in [1.82, 2.24) is 14.7 Å². The number of primary amides is 1. The van der Waals surface area contributed by atoms with Gasteiger partial charge in [0.2, 0.25) is 5.91 Å². The molecule has 1 amide bonds. The van der Waals surface area contributed by atoms with Gasteiger partial charge in [0.1, 0.15) is 0 Å². The van der Waals surface area contributed by atoms with E-state index in [9.17, 15) is 4.79 Å². The Labute approximate surface area is 188 Å². The third-order valence-electron chi connectivity index (χ3n) is 4.71. The molecule has 0 rings (SSSR count). The molecule has 0 fully saturated rings. The number of unbranched alkanes of at least 4 members (excludes halogenated alkanes) is 1. The zero-order valence-corrected chi connectivity index (χ0v) is 21.8.